The van der Waals surface area contributed by atoms with Crippen LogP contribution in [-0.4, -0.2) is 26.8 Å². The van der Waals surface area contributed by atoms with Gasteiger partial charge in [0.15, 0.2) is 5.60 Å². The lowest BCUT2D eigenvalue weighted by atomic mass is 9.47. The summed E-state index contributed by atoms with van der Waals surface area (Å²) in [6.45, 7) is 0. The molecule has 27 heavy (non-hydrogen) atoms. The molecular formula is C18H22BrO7P. The van der Waals surface area contributed by atoms with Gasteiger partial charge in [0.25, 0.3) is 5.79 Å². The van der Waals surface area contributed by atoms with Crippen LogP contribution in [-0.2, 0) is 24.9 Å². The van der Waals surface area contributed by atoms with Gasteiger partial charge in [-0.15, -0.1) is 0 Å². The predicted octanol–water partition coefficient (Wildman–Crippen LogP) is 3.63. The second-order valence-electron chi connectivity index (χ2n) is 8.38. The highest BCUT2D eigenvalue weighted by Crippen LogP contribution is 2.71. The van der Waals surface area contributed by atoms with Crippen LogP contribution < -0.4 is 4.52 Å². The van der Waals surface area contributed by atoms with Crippen molar-refractivity contribution in [1.29, 1.82) is 0 Å². The Morgan fingerprint density at radius 2 is 1.89 bits per heavy atom. The summed E-state index contributed by atoms with van der Waals surface area (Å²) < 4.78 is 22.1. The molecule has 5 aliphatic rings. The first-order valence-electron chi connectivity index (χ1n) is 9.16. The van der Waals surface area contributed by atoms with E-state index in [4.69, 9.17) is 28.8 Å². The van der Waals surface area contributed by atoms with Gasteiger partial charge in [-0.3, -0.25) is 9.79 Å². The molecule has 2 N–H and O–H groups in total. The smallest absolute Gasteiger partial charge is 0.404 e. The SMILES string of the molecule is COC1(c2cccc(OP(=O)(O)O)c2)OOC12C1CC3CC2CC(Br)(C3)C1. The summed E-state index contributed by atoms with van der Waals surface area (Å²) in [4.78, 5) is 29.8. The Morgan fingerprint density at radius 1 is 1.19 bits per heavy atom. The zero-order chi connectivity index (χ0) is 19.1. The Balaban J connectivity index is 1.56. The summed E-state index contributed by atoms with van der Waals surface area (Å²) in [7, 11) is -3.06. The Labute approximate surface area is 165 Å². The molecule has 3 unspecified atom stereocenters. The van der Waals surface area contributed by atoms with Gasteiger partial charge in [0.05, 0.1) is 0 Å². The van der Waals surface area contributed by atoms with E-state index in [0.717, 1.165) is 25.7 Å². The number of hydrogen-bond acceptors (Lipinski definition) is 5. The maximum atomic E-state index is 11.2. The molecule has 0 amide bonds. The average Bonchev–Trinajstić information content (AvgIpc) is 2.52. The second kappa shape index (κ2) is 5.79. The lowest BCUT2D eigenvalue weighted by Crippen LogP contribution is -2.78. The van der Waals surface area contributed by atoms with E-state index in [-0.39, 0.29) is 10.1 Å². The third-order valence-electron chi connectivity index (χ3n) is 6.86. The molecule has 0 radical (unpaired) electrons. The van der Waals surface area contributed by atoms with Gasteiger partial charge in [0, 0.05) is 17.0 Å². The number of benzene rings is 1. The first-order valence-corrected chi connectivity index (χ1v) is 11.5. The topological polar surface area (TPSA) is 94.5 Å². The fraction of sp³-hybridized carbons (Fsp3) is 0.667. The van der Waals surface area contributed by atoms with E-state index < -0.39 is 19.2 Å². The predicted molar refractivity (Wildman–Crippen MR) is 97.9 cm³/mol. The number of hydrogen-bond donors (Lipinski definition) is 2. The fourth-order valence-corrected chi connectivity index (χ4v) is 7.87. The van der Waals surface area contributed by atoms with E-state index in [9.17, 15) is 4.57 Å². The summed E-state index contributed by atoms with van der Waals surface area (Å²) in [5.41, 5.74) is 0.0646. The van der Waals surface area contributed by atoms with Crippen molar-refractivity contribution in [1.82, 2.24) is 0 Å². The van der Waals surface area contributed by atoms with Gasteiger partial charge in [-0.1, -0.05) is 28.1 Å². The minimum absolute atomic E-state index is 0.0729. The van der Waals surface area contributed by atoms with Crippen molar-refractivity contribution >= 4 is 23.8 Å². The van der Waals surface area contributed by atoms with Crippen LogP contribution >= 0.6 is 23.8 Å². The highest BCUT2D eigenvalue weighted by Gasteiger charge is 2.78. The molecule has 3 atom stereocenters. The van der Waals surface area contributed by atoms with Crippen molar-refractivity contribution in [2.45, 2.75) is 47.8 Å². The third-order valence-corrected chi connectivity index (χ3v) is 8.28. The van der Waals surface area contributed by atoms with Gasteiger partial charge in [-0.25, -0.2) is 9.45 Å². The van der Waals surface area contributed by atoms with Crippen molar-refractivity contribution in [3.8, 4) is 5.75 Å². The van der Waals surface area contributed by atoms with Crippen LogP contribution in [0.15, 0.2) is 24.3 Å². The van der Waals surface area contributed by atoms with E-state index >= 15 is 0 Å². The molecule has 4 aliphatic carbocycles. The molecule has 1 aromatic rings. The lowest BCUT2D eigenvalue weighted by molar-refractivity contribution is -0.645. The van der Waals surface area contributed by atoms with Crippen LogP contribution in [0, 0.1) is 17.8 Å². The molecule has 1 aliphatic heterocycles. The quantitative estimate of drug-likeness (QED) is 0.402. The van der Waals surface area contributed by atoms with Gasteiger partial charge in [-0.2, -0.15) is 4.89 Å². The molecular weight excluding hydrogens is 439 g/mol. The van der Waals surface area contributed by atoms with Crippen LogP contribution in [0.1, 0.15) is 37.7 Å². The van der Waals surface area contributed by atoms with Gasteiger partial charge < -0.3 is 9.26 Å². The fourth-order valence-electron chi connectivity index (χ4n) is 6.24. The summed E-state index contributed by atoms with van der Waals surface area (Å²) in [5.74, 6) is 0.249. The van der Waals surface area contributed by atoms with Gasteiger partial charge in [0.1, 0.15) is 5.75 Å². The number of ether oxygens (including phenoxy) is 1. The Bertz CT molecular complexity index is 806. The lowest BCUT2D eigenvalue weighted by Gasteiger charge is -2.70. The Morgan fingerprint density at radius 3 is 2.41 bits per heavy atom. The molecule has 1 spiro atoms. The second-order valence-corrected chi connectivity index (χ2v) is 11.2. The van der Waals surface area contributed by atoms with Crippen LogP contribution in [0.2, 0.25) is 0 Å². The molecule has 148 valence electrons. The van der Waals surface area contributed by atoms with Crippen molar-refractivity contribution in [3.63, 3.8) is 0 Å². The Hall–Kier alpha value is -0.470. The maximum Gasteiger partial charge on any atom is 0.524 e. The molecule has 1 heterocycles. The molecule has 9 heteroatoms. The minimum atomic E-state index is -4.65. The molecule has 4 bridgehead atoms. The standard InChI is InChI=1S/C18H22BrO7P/c1-23-18(12-3-2-4-15(7-12)24-27(20,21)22)17(25-26-18)13-5-11-6-14(17)10-16(19,8-11)9-13/h2-4,7,11,13-14H,5-6,8-10H2,1H3,(H2,20,21,22). The molecule has 7 nitrogen and oxygen atoms in total. The van der Waals surface area contributed by atoms with E-state index in [2.05, 4.69) is 15.9 Å². The highest BCUT2D eigenvalue weighted by molar-refractivity contribution is 9.10. The number of phosphoric acid groups is 1. The summed E-state index contributed by atoms with van der Waals surface area (Å²) in [6, 6.07) is 6.58. The average molecular weight is 461 g/mol. The summed E-state index contributed by atoms with van der Waals surface area (Å²) in [5, 5.41) is 0. The van der Waals surface area contributed by atoms with Crippen molar-refractivity contribution in [3.05, 3.63) is 29.8 Å². The number of alkyl halides is 1. The van der Waals surface area contributed by atoms with Crippen LogP contribution in [0.5, 0.6) is 5.75 Å². The van der Waals surface area contributed by atoms with E-state index in [0.29, 0.717) is 23.3 Å². The van der Waals surface area contributed by atoms with E-state index in [1.54, 1.807) is 19.2 Å². The van der Waals surface area contributed by atoms with Crippen molar-refractivity contribution in [2.75, 3.05) is 7.11 Å². The van der Waals surface area contributed by atoms with Crippen molar-refractivity contribution < 1.29 is 33.4 Å². The molecule has 5 fully saturated rings. The first kappa shape index (κ1) is 18.6. The number of halogens is 1. The van der Waals surface area contributed by atoms with Gasteiger partial charge >= 0.3 is 7.82 Å². The number of rotatable bonds is 4. The molecule has 4 saturated carbocycles. The van der Waals surface area contributed by atoms with Gasteiger partial charge in [-0.05, 0) is 62.0 Å². The Kier molecular flexibility index (Phi) is 3.98. The van der Waals surface area contributed by atoms with Gasteiger partial charge in [0.2, 0.25) is 0 Å². The normalized spacial score (nSPS) is 45.1. The number of phosphoric ester groups is 1. The van der Waals surface area contributed by atoms with Crippen LogP contribution in [0.25, 0.3) is 0 Å². The van der Waals surface area contributed by atoms with E-state index in [1.165, 1.54) is 12.5 Å². The minimum Gasteiger partial charge on any atom is -0.404 e. The molecule has 1 aromatic carbocycles. The molecule has 6 rings (SSSR count). The monoisotopic (exact) mass is 460 g/mol. The van der Waals surface area contributed by atoms with Crippen LogP contribution in [0.3, 0.4) is 0 Å². The molecule has 0 aromatic heterocycles. The summed E-state index contributed by atoms with van der Waals surface area (Å²) >= 11 is 3.98. The summed E-state index contributed by atoms with van der Waals surface area (Å²) in [6.07, 6.45) is 5.39. The largest absolute Gasteiger partial charge is 0.524 e. The van der Waals surface area contributed by atoms with Crippen molar-refractivity contribution in [2.24, 2.45) is 17.8 Å². The zero-order valence-electron chi connectivity index (χ0n) is 14.8. The highest BCUT2D eigenvalue weighted by atomic mass is 79.9. The first-order chi connectivity index (χ1) is 12.7. The van der Waals surface area contributed by atoms with Crippen LogP contribution in [0.4, 0.5) is 0 Å². The molecule has 1 saturated heterocycles. The zero-order valence-corrected chi connectivity index (χ0v) is 17.3. The maximum absolute atomic E-state index is 11.2. The third kappa shape index (κ3) is 2.54. The number of methoxy groups -OCH3 is 1. The van der Waals surface area contributed by atoms with E-state index in [1.807, 2.05) is 6.07 Å².